The molecular formula is C24H20BrClFN3O3. The fraction of sp³-hybridized carbons (Fsp3) is 0.167. The molecule has 2 aromatic heterocycles. The number of hydrogen-bond acceptors (Lipinski definition) is 4. The fourth-order valence-electron chi connectivity index (χ4n) is 3.13. The Balaban J connectivity index is 1.38. The molecule has 0 saturated heterocycles. The lowest BCUT2D eigenvalue weighted by Gasteiger charge is -2.06. The largest absolute Gasteiger partial charge is 0.486 e. The zero-order valence-electron chi connectivity index (χ0n) is 17.6. The van der Waals surface area contributed by atoms with Crippen LogP contribution in [0.2, 0.25) is 5.02 Å². The number of furan rings is 1. The molecule has 9 heteroatoms. The molecule has 0 aliphatic carbocycles. The van der Waals surface area contributed by atoms with Crippen LogP contribution in [0, 0.1) is 5.82 Å². The average molecular weight is 533 g/mol. The third-order valence-corrected chi connectivity index (χ3v) is 5.86. The van der Waals surface area contributed by atoms with Crippen molar-refractivity contribution in [3.63, 3.8) is 0 Å². The number of anilines is 1. The number of nitrogens with one attached hydrogen (secondary N) is 1. The van der Waals surface area contributed by atoms with Crippen LogP contribution < -0.4 is 10.1 Å². The van der Waals surface area contributed by atoms with E-state index in [0.717, 1.165) is 12.2 Å². The summed E-state index contributed by atoms with van der Waals surface area (Å²) in [6, 6.07) is 15.6. The summed E-state index contributed by atoms with van der Waals surface area (Å²) in [6.45, 7) is 2.40. The molecule has 4 aromatic rings. The summed E-state index contributed by atoms with van der Waals surface area (Å²) in [5, 5.41) is 7.28. The lowest BCUT2D eigenvalue weighted by atomic mass is 10.2. The van der Waals surface area contributed by atoms with E-state index in [2.05, 4.69) is 33.3 Å². The second kappa shape index (κ2) is 10.2. The minimum absolute atomic E-state index is 0.113. The Morgan fingerprint density at radius 3 is 2.73 bits per heavy atom. The van der Waals surface area contributed by atoms with Crippen molar-refractivity contribution in [1.82, 2.24) is 9.78 Å². The first-order valence-corrected chi connectivity index (χ1v) is 11.4. The molecule has 4 rings (SSSR count). The SMILES string of the molecule is CCc1ccc(OCc2ccc(C(=O)Nc3nn(Cc4c(F)cccc4Cl)cc3Br)o2)cc1. The number of hydrogen-bond donors (Lipinski definition) is 1. The molecule has 0 radical (unpaired) electrons. The molecule has 33 heavy (non-hydrogen) atoms. The van der Waals surface area contributed by atoms with Crippen LogP contribution >= 0.6 is 27.5 Å². The molecule has 0 unspecified atom stereocenters. The Hall–Kier alpha value is -3.10. The van der Waals surface area contributed by atoms with Gasteiger partial charge in [-0.3, -0.25) is 9.48 Å². The quantitative estimate of drug-likeness (QED) is 0.282. The van der Waals surface area contributed by atoms with Crippen LogP contribution in [0.1, 0.15) is 34.4 Å². The van der Waals surface area contributed by atoms with Crippen LogP contribution in [0.3, 0.4) is 0 Å². The highest BCUT2D eigenvalue weighted by Gasteiger charge is 2.17. The van der Waals surface area contributed by atoms with Gasteiger partial charge in [0.15, 0.2) is 11.6 Å². The van der Waals surface area contributed by atoms with E-state index in [-0.39, 0.29) is 24.7 Å². The zero-order chi connectivity index (χ0) is 23.4. The van der Waals surface area contributed by atoms with Gasteiger partial charge in [-0.1, -0.05) is 36.7 Å². The van der Waals surface area contributed by atoms with Gasteiger partial charge in [0, 0.05) is 16.8 Å². The molecule has 0 aliphatic rings. The van der Waals surface area contributed by atoms with Gasteiger partial charge in [0.25, 0.3) is 5.91 Å². The third kappa shape index (κ3) is 5.64. The molecule has 2 aromatic carbocycles. The first-order chi connectivity index (χ1) is 15.9. The zero-order valence-corrected chi connectivity index (χ0v) is 20.0. The maximum absolute atomic E-state index is 14.1. The lowest BCUT2D eigenvalue weighted by molar-refractivity contribution is 0.0992. The number of ether oxygens (including phenoxy) is 1. The minimum atomic E-state index is -0.469. The topological polar surface area (TPSA) is 69.3 Å². The number of carbonyl (C=O) groups excluding carboxylic acids is 1. The number of nitrogens with zero attached hydrogens (tertiary/aromatic N) is 2. The average Bonchev–Trinajstić information content (AvgIpc) is 3.42. The summed E-state index contributed by atoms with van der Waals surface area (Å²) in [6.07, 6.45) is 2.59. The summed E-state index contributed by atoms with van der Waals surface area (Å²) < 4.78 is 27.4. The van der Waals surface area contributed by atoms with Crippen molar-refractivity contribution < 1.29 is 18.3 Å². The van der Waals surface area contributed by atoms with Crippen LogP contribution in [0.5, 0.6) is 5.75 Å². The maximum atomic E-state index is 14.1. The number of rotatable bonds is 8. The summed E-state index contributed by atoms with van der Waals surface area (Å²) >= 11 is 9.45. The van der Waals surface area contributed by atoms with E-state index in [1.54, 1.807) is 24.4 Å². The second-order valence-electron chi connectivity index (χ2n) is 7.23. The van der Waals surface area contributed by atoms with E-state index in [4.69, 9.17) is 20.8 Å². The predicted octanol–water partition coefficient (Wildman–Crippen LogP) is 6.47. The van der Waals surface area contributed by atoms with E-state index in [1.165, 1.54) is 22.4 Å². The normalized spacial score (nSPS) is 10.9. The number of aromatic nitrogens is 2. The Kier molecular flexibility index (Phi) is 7.15. The van der Waals surface area contributed by atoms with Crippen LogP contribution in [0.4, 0.5) is 10.2 Å². The van der Waals surface area contributed by atoms with E-state index < -0.39 is 11.7 Å². The molecule has 1 amide bonds. The Morgan fingerprint density at radius 2 is 2.00 bits per heavy atom. The van der Waals surface area contributed by atoms with Crippen molar-refractivity contribution in [2.45, 2.75) is 26.5 Å². The van der Waals surface area contributed by atoms with Crippen LogP contribution in [-0.2, 0) is 19.6 Å². The van der Waals surface area contributed by atoms with Gasteiger partial charge in [0.1, 0.15) is 23.9 Å². The van der Waals surface area contributed by atoms with Crippen LogP contribution in [0.25, 0.3) is 0 Å². The minimum Gasteiger partial charge on any atom is -0.486 e. The van der Waals surface area contributed by atoms with Crippen LogP contribution in [0.15, 0.2) is 69.7 Å². The Labute approximate surface area is 203 Å². The molecule has 0 bridgehead atoms. The van der Waals surface area contributed by atoms with E-state index in [9.17, 15) is 9.18 Å². The molecule has 0 fully saturated rings. The standard InChI is InChI=1S/C24H20BrClFN3O3/c1-2-15-6-8-16(9-7-15)32-14-17-10-11-22(33-17)24(31)28-23-19(25)13-30(29-23)12-18-20(26)4-3-5-21(18)27/h3-11,13H,2,12,14H2,1H3,(H,28,29,31). The number of carbonyl (C=O) groups is 1. The molecule has 0 aliphatic heterocycles. The molecule has 2 heterocycles. The number of benzene rings is 2. The monoisotopic (exact) mass is 531 g/mol. The predicted molar refractivity (Wildman–Crippen MR) is 127 cm³/mol. The van der Waals surface area contributed by atoms with E-state index >= 15 is 0 Å². The van der Waals surface area contributed by atoms with Gasteiger partial charge >= 0.3 is 0 Å². The van der Waals surface area contributed by atoms with Gasteiger partial charge in [-0.25, -0.2) is 4.39 Å². The summed E-state index contributed by atoms with van der Waals surface area (Å²) in [5.74, 6) is 0.735. The molecule has 0 saturated carbocycles. The number of amides is 1. The summed E-state index contributed by atoms with van der Waals surface area (Å²) in [5.41, 5.74) is 1.54. The van der Waals surface area contributed by atoms with Gasteiger partial charge in [-0.15, -0.1) is 0 Å². The smallest absolute Gasteiger partial charge is 0.292 e. The number of halogens is 3. The third-order valence-electron chi connectivity index (χ3n) is 4.93. The number of aryl methyl sites for hydroxylation is 1. The molecule has 0 atom stereocenters. The van der Waals surface area contributed by atoms with Gasteiger partial charge in [0.2, 0.25) is 0 Å². The van der Waals surface area contributed by atoms with Gasteiger partial charge in [-0.2, -0.15) is 5.10 Å². The second-order valence-corrected chi connectivity index (χ2v) is 8.49. The van der Waals surface area contributed by atoms with Crippen molar-refractivity contribution in [3.8, 4) is 5.75 Å². The lowest BCUT2D eigenvalue weighted by Crippen LogP contribution is -2.12. The Bertz CT molecular complexity index is 1250. The maximum Gasteiger partial charge on any atom is 0.292 e. The summed E-state index contributed by atoms with van der Waals surface area (Å²) in [7, 11) is 0. The highest BCUT2D eigenvalue weighted by molar-refractivity contribution is 9.10. The fourth-order valence-corrected chi connectivity index (χ4v) is 3.77. The van der Waals surface area contributed by atoms with Gasteiger partial charge in [-0.05, 0) is 64.3 Å². The van der Waals surface area contributed by atoms with Crippen molar-refractivity contribution in [2.75, 3.05) is 5.32 Å². The van der Waals surface area contributed by atoms with Gasteiger partial charge < -0.3 is 14.5 Å². The van der Waals surface area contributed by atoms with Crippen molar-refractivity contribution in [1.29, 1.82) is 0 Å². The first kappa shape index (κ1) is 23.1. The molecule has 170 valence electrons. The van der Waals surface area contributed by atoms with E-state index in [1.807, 2.05) is 24.3 Å². The van der Waals surface area contributed by atoms with Gasteiger partial charge in [0.05, 0.1) is 11.0 Å². The van der Waals surface area contributed by atoms with Crippen molar-refractivity contribution >= 4 is 39.3 Å². The molecule has 0 spiro atoms. The van der Waals surface area contributed by atoms with E-state index in [0.29, 0.717) is 20.8 Å². The summed E-state index contributed by atoms with van der Waals surface area (Å²) in [4.78, 5) is 12.6. The van der Waals surface area contributed by atoms with Crippen molar-refractivity contribution in [2.24, 2.45) is 0 Å². The van der Waals surface area contributed by atoms with Crippen LogP contribution in [-0.4, -0.2) is 15.7 Å². The Morgan fingerprint density at radius 1 is 1.21 bits per heavy atom. The molecule has 1 N–H and O–H groups in total. The first-order valence-electron chi connectivity index (χ1n) is 10.2. The highest BCUT2D eigenvalue weighted by Crippen LogP contribution is 2.25. The van der Waals surface area contributed by atoms with Crippen molar-refractivity contribution in [3.05, 3.63) is 98.8 Å². The molecular weight excluding hydrogens is 513 g/mol. The highest BCUT2D eigenvalue weighted by atomic mass is 79.9. The molecule has 6 nitrogen and oxygen atoms in total.